The molecule has 1 aromatic rings. The molecule has 0 aliphatic heterocycles. The molecule has 0 atom stereocenters. The van der Waals surface area contributed by atoms with Crippen LogP contribution in [0, 0.1) is 6.92 Å². The van der Waals surface area contributed by atoms with Crippen molar-refractivity contribution in [2.24, 2.45) is 0 Å². The summed E-state index contributed by atoms with van der Waals surface area (Å²) in [4.78, 5) is 4.07. The summed E-state index contributed by atoms with van der Waals surface area (Å²) in [6.07, 6.45) is 1.69. The Morgan fingerprint density at radius 2 is 2.33 bits per heavy atom. The first-order valence-electron chi connectivity index (χ1n) is 3.48. The van der Waals surface area contributed by atoms with Crippen LogP contribution in [0.2, 0.25) is 0 Å². The maximum Gasteiger partial charge on any atom is 0.218 e. The third kappa shape index (κ3) is 2.46. The van der Waals surface area contributed by atoms with E-state index < -0.39 is 0 Å². The summed E-state index contributed by atoms with van der Waals surface area (Å²) in [6, 6.07) is 1.94. The van der Waals surface area contributed by atoms with Gasteiger partial charge in [-0.15, -0.1) is 0 Å². The first-order chi connectivity index (χ1) is 5.74. The standard InChI is InChI=1S/C8H10BrNO2/c1-6-3-7(9)4-10-8(6)12-5-11-2/h3-4H,5H2,1-2H3. The zero-order chi connectivity index (χ0) is 8.97. The number of methoxy groups -OCH3 is 1. The van der Waals surface area contributed by atoms with Crippen LogP contribution in [-0.4, -0.2) is 18.9 Å². The number of halogens is 1. The predicted molar refractivity (Wildman–Crippen MR) is 49.2 cm³/mol. The highest BCUT2D eigenvalue weighted by molar-refractivity contribution is 9.10. The van der Waals surface area contributed by atoms with Gasteiger partial charge in [0, 0.05) is 23.3 Å². The van der Waals surface area contributed by atoms with E-state index in [-0.39, 0.29) is 6.79 Å². The van der Waals surface area contributed by atoms with E-state index in [0.717, 1.165) is 10.0 Å². The van der Waals surface area contributed by atoms with Crippen LogP contribution in [0.3, 0.4) is 0 Å². The maximum atomic E-state index is 5.19. The SMILES string of the molecule is COCOc1ncc(Br)cc1C. The van der Waals surface area contributed by atoms with Crippen LogP contribution in [0.4, 0.5) is 0 Å². The minimum atomic E-state index is 0.232. The summed E-state index contributed by atoms with van der Waals surface area (Å²) in [5.74, 6) is 0.611. The number of pyridine rings is 1. The Balaban J connectivity index is 2.72. The van der Waals surface area contributed by atoms with Crippen LogP contribution in [-0.2, 0) is 4.74 Å². The molecule has 1 rings (SSSR count). The minimum Gasteiger partial charge on any atom is -0.450 e. The lowest BCUT2D eigenvalue weighted by Crippen LogP contribution is -2.01. The second-order valence-electron chi connectivity index (χ2n) is 2.33. The molecule has 0 fully saturated rings. The zero-order valence-electron chi connectivity index (χ0n) is 7.00. The van der Waals surface area contributed by atoms with Crippen LogP contribution in [0.5, 0.6) is 5.88 Å². The van der Waals surface area contributed by atoms with Crippen molar-refractivity contribution >= 4 is 15.9 Å². The zero-order valence-corrected chi connectivity index (χ0v) is 8.59. The molecule has 0 radical (unpaired) electrons. The average molecular weight is 232 g/mol. The first kappa shape index (κ1) is 9.48. The fraction of sp³-hybridized carbons (Fsp3) is 0.375. The third-order valence-corrected chi connectivity index (χ3v) is 1.74. The molecule has 1 aromatic heterocycles. The van der Waals surface area contributed by atoms with Gasteiger partial charge in [0.15, 0.2) is 6.79 Å². The van der Waals surface area contributed by atoms with Crippen LogP contribution in [0.25, 0.3) is 0 Å². The van der Waals surface area contributed by atoms with E-state index in [9.17, 15) is 0 Å². The van der Waals surface area contributed by atoms with Gasteiger partial charge in [-0.3, -0.25) is 0 Å². The summed E-state index contributed by atoms with van der Waals surface area (Å²) >= 11 is 3.32. The highest BCUT2D eigenvalue weighted by atomic mass is 79.9. The molecule has 0 aliphatic carbocycles. The molecule has 0 amide bonds. The molecule has 12 heavy (non-hydrogen) atoms. The Bertz CT molecular complexity index is 265. The van der Waals surface area contributed by atoms with Gasteiger partial charge < -0.3 is 9.47 Å². The molecule has 4 heteroatoms. The molecule has 0 aromatic carbocycles. The Labute approximate surface area is 79.8 Å². The van der Waals surface area contributed by atoms with E-state index in [4.69, 9.17) is 9.47 Å². The maximum absolute atomic E-state index is 5.19. The third-order valence-electron chi connectivity index (χ3n) is 1.31. The Morgan fingerprint density at radius 3 is 2.92 bits per heavy atom. The minimum absolute atomic E-state index is 0.232. The predicted octanol–water partition coefficient (Wildman–Crippen LogP) is 2.14. The number of nitrogens with zero attached hydrogens (tertiary/aromatic N) is 1. The fourth-order valence-electron chi connectivity index (χ4n) is 0.794. The van der Waals surface area contributed by atoms with Gasteiger partial charge in [0.2, 0.25) is 5.88 Å². The van der Waals surface area contributed by atoms with Crippen LogP contribution in [0.15, 0.2) is 16.7 Å². The lowest BCUT2D eigenvalue weighted by Gasteiger charge is -2.05. The summed E-state index contributed by atoms with van der Waals surface area (Å²) < 4.78 is 10.9. The molecule has 0 saturated carbocycles. The second kappa shape index (κ2) is 4.42. The van der Waals surface area contributed by atoms with Crippen molar-refractivity contribution in [3.8, 4) is 5.88 Å². The Kier molecular flexibility index (Phi) is 3.49. The second-order valence-corrected chi connectivity index (χ2v) is 3.24. The van der Waals surface area contributed by atoms with E-state index >= 15 is 0 Å². The van der Waals surface area contributed by atoms with Gasteiger partial charge in [-0.05, 0) is 28.9 Å². The van der Waals surface area contributed by atoms with Crippen molar-refractivity contribution in [3.63, 3.8) is 0 Å². The molecule has 3 nitrogen and oxygen atoms in total. The van der Waals surface area contributed by atoms with Gasteiger partial charge in [0.25, 0.3) is 0 Å². The normalized spacial score (nSPS) is 9.92. The van der Waals surface area contributed by atoms with E-state index in [2.05, 4.69) is 20.9 Å². The topological polar surface area (TPSA) is 31.4 Å². The van der Waals surface area contributed by atoms with Gasteiger partial charge in [-0.2, -0.15) is 0 Å². The van der Waals surface area contributed by atoms with Gasteiger partial charge in [-0.1, -0.05) is 0 Å². The number of aromatic nitrogens is 1. The molecule has 0 aliphatic rings. The number of rotatable bonds is 3. The lowest BCUT2D eigenvalue weighted by atomic mass is 10.3. The highest BCUT2D eigenvalue weighted by Crippen LogP contribution is 2.18. The molecule has 0 unspecified atom stereocenters. The number of aryl methyl sites for hydroxylation is 1. The van der Waals surface area contributed by atoms with E-state index in [1.165, 1.54) is 0 Å². The quantitative estimate of drug-likeness (QED) is 0.748. The molecule has 0 N–H and O–H groups in total. The first-order valence-corrected chi connectivity index (χ1v) is 4.27. The van der Waals surface area contributed by atoms with Crippen molar-refractivity contribution in [3.05, 3.63) is 22.3 Å². The largest absolute Gasteiger partial charge is 0.450 e. The van der Waals surface area contributed by atoms with Crippen LogP contribution < -0.4 is 4.74 Å². The van der Waals surface area contributed by atoms with Crippen molar-refractivity contribution in [2.45, 2.75) is 6.92 Å². The van der Waals surface area contributed by atoms with Gasteiger partial charge in [0.05, 0.1) is 0 Å². The number of ether oxygens (including phenoxy) is 2. The van der Waals surface area contributed by atoms with E-state index in [1.807, 2.05) is 13.0 Å². The monoisotopic (exact) mass is 231 g/mol. The highest BCUT2D eigenvalue weighted by Gasteiger charge is 2.00. The van der Waals surface area contributed by atoms with E-state index in [1.54, 1.807) is 13.3 Å². The smallest absolute Gasteiger partial charge is 0.218 e. The van der Waals surface area contributed by atoms with Gasteiger partial charge in [-0.25, -0.2) is 4.98 Å². The van der Waals surface area contributed by atoms with Crippen LogP contribution >= 0.6 is 15.9 Å². The summed E-state index contributed by atoms with van der Waals surface area (Å²) in [5.41, 5.74) is 0.987. The van der Waals surface area contributed by atoms with Crippen molar-refractivity contribution in [1.82, 2.24) is 4.98 Å². The number of hydrogen-bond donors (Lipinski definition) is 0. The van der Waals surface area contributed by atoms with E-state index in [0.29, 0.717) is 5.88 Å². The van der Waals surface area contributed by atoms with Gasteiger partial charge in [0.1, 0.15) is 0 Å². The summed E-state index contributed by atoms with van der Waals surface area (Å²) in [6.45, 7) is 2.16. The number of hydrogen-bond acceptors (Lipinski definition) is 3. The summed E-state index contributed by atoms with van der Waals surface area (Å²) in [7, 11) is 1.58. The molecular formula is C8H10BrNO2. The van der Waals surface area contributed by atoms with Crippen LogP contribution in [0.1, 0.15) is 5.56 Å². The molecule has 66 valence electrons. The van der Waals surface area contributed by atoms with Gasteiger partial charge >= 0.3 is 0 Å². The Morgan fingerprint density at radius 1 is 1.58 bits per heavy atom. The molecular weight excluding hydrogens is 222 g/mol. The van der Waals surface area contributed by atoms with Crippen molar-refractivity contribution in [1.29, 1.82) is 0 Å². The van der Waals surface area contributed by atoms with Crippen molar-refractivity contribution < 1.29 is 9.47 Å². The average Bonchev–Trinajstić information content (AvgIpc) is 2.03. The fourth-order valence-corrected chi connectivity index (χ4v) is 1.24. The molecule has 0 bridgehead atoms. The molecule has 0 saturated heterocycles. The summed E-state index contributed by atoms with van der Waals surface area (Å²) in [5, 5.41) is 0. The van der Waals surface area contributed by atoms with Crippen molar-refractivity contribution in [2.75, 3.05) is 13.9 Å². The molecule has 1 heterocycles. The molecule has 0 spiro atoms. The Hall–Kier alpha value is -0.610. The lowest BCUT2D eigenvalue weighted by molar-refractivity contribution is 0.0473.